The lowest BCUT2D eigenvalue weighted by Crippen LogP contribution is -2.17. The van der Waals surface area contributed by atoms with Crippen molar-refractivity contribution in [3.05, 3.63) is 65.2 Å². The van der Waals surface area contributed by atoms with Crippen molar-refractivity contribution in [1.82, 2.24) is 0 Å². The van der Waals surface area contributed by atoms with Gasteiger partial charge in [-0.1, -0.05) is 42.0 Å². The molecule has 5 heteroatoms. The maximum absolute atomic E-state index is 12.1. The van der Waals surface area contributed by atoms with Gasteiger partial charge < -0.3 is 4.74 Å². The van der Waals surface area contributed by atoms with E-state index in [0.29, 0.717) is 6.42 Å². The molecule has 0 aliphatic rings. The van der Waals surface area contributed by atoms with Crippen LogP contribution in [0.25, 0.3) is 0 Å². The summed E-state index contributed by atoms with van der Waals surface area (Å²) in [5.41, 5.74) is 3.00. The number of ether oxygens (including phenoxy) is 1. The van der Waals surface area contributed by atoms with Gasteiger partial charge in [0.05, 0.1) is 5.38 Å². The fourth-order valence-electron chi connectivity index (χ4n) is 1.93. The van der Waals surface area contributed by atoms with Gasteiger partial charge >= 0.3 is 6.36 Å². The summed E-state index contributed by atoms with van der Waals surface area (Å²) in [5, 5.41) is -0.298. The predicted octanol–water partition coefficient (Wildman–Crippen LogP) is 5.42. The van der Waals surface area contributed by atoms with Gasteiger partial charge in [-0.3, -0.25) is 0 Å². The average molecular weight is 315 g/mol. The quantitative estimate of drug-likeness (QED) is 0.685. The Labute approximate surface area is 126 Å². The maximum atomic E-state index is 12.1. The molecule has 0 bridgehead atoms. The highest BCUT2D eigenvalue weighted by Crippen LogP contribution is 2.28. The van der Waals surface area contributed by atoms with E-state index in [4.69, 9.17) is 11.6 Å². The van der Waals surface area contributed by atoms with Gasteiger partial charge in [0, 0.05) is 0 Å². The van der Waals surface area contributed by atoms with E-state index in [1.807, 2.05) is 31.2 Å². The van der Waals surface area contributed by atoms with Crippen LogP contribution in [0, 0.1) is 6.92 Å². The molecule has 1 unspecified atom stereocenters. The van der Waals surface area contributed by atoms with Gasteiger partial charge in [0.15, 0.2) is 0 Å². The molecule has 1 atom stereocenters. The Hall–Kier alpha value is -1.68. The highest BCUT2D eigenvalue weighted by Gasteiger charge is 2.31. The molecule has 0 saturated carbocycles. The van der Waals surface area contributed by atoms with Gasteiger partial charge in [-0.2, -0.15) is 0 Å². The van der Waals surface area contributed by atoms with Crippen LogP contribution in [0.4, 0.5) is 13.2 Å². The molecule has 2 aromatic carbocycles. The average Bonchev–Trinajstić information content (AvgIpc) is 2.40. The first kappa shape index (κ1) is 15.7. The Morgan fingerprint density at radius 1 is 1.00 bits per heavy atom. The molecule has 0 aliphatic carbocycles. The summed E-state index contributed by atoms with van der Waals surface area (Å²) in [5.74, 6) is -0.245. The zero-order chi connectivity index (χ0) is 15.5. The molecule has 0 aliphatic heterocycles. The minimum absolute atomic E-state index is 0.245. The molecular weight excluding hydrogens is 301 g/mol. The van der Waals surface area contributed by atoms with Crippen molar-refractivity contribution in [1.29, 1.82) is 0 Å². The van der Waals surface area contributed by atoms with Crippen LogP contribution in [-0.4, -0.2) is 6.36 Å². The second-order valence-corrected chi connectivity index (χ2v) is 5.30. The van der Waals surface area contributed by atoms with E-state index in [1.54, 1.807) is 12.1 Å². The maximum Gasteiger partial charge on any atom is 0.573 e. The second-order valence-electron chi connectivity index (χ2n) is 4.77. The van der Waals surface area contributed by atoms with Crippen molar-refractivity contribution in [2.24, 2.45) is 0 Å². The number of benzene rings is 2. The smallest absolute Gasteiger partial charge is 0.406 e. The van der Waals surface area contributed by atoms with Crippen LogP contribution in [0.3, 0.4) is 0 Å². The van der Waals surface area contributed by atoms with E-state index in [0.717, 1.165) is 11.1 Å². The number of halogens is 4. The van der Waals surface area contributed by atoms with E-state index in [9.17, 15) is 13.2 Å². The Morgan fingerprint density at radius 2 is 1.57 bits per heavy atom. The van der Waals surface area contributed by atoms with Gasteiger partial charge in [0.1, 0.15) is 5.75 Å². The lowest BCUT2D eigenvalue weighted by molar-refractivity contribution is -0.274. The zero-order valence-electron chi connectivity index (χ0n) is 11.3. The lowest BCUT2D eigenvalue weighted by atomic mass is 10.0. The molecule has 1 nitrogen and oxygen atoms in total. The summed E-state index contributed by atoms with van der Waals surface area (Å²) >= 11 is 6.30. The van der Waals surface area contributed by atoms with Crippen LogP contribution in [0.1, 0.15) is 22.1 Å². The Kier molecular flexibility index (Phi) is 4.78. The topological polar surface area (TPSA) is 9.23 Å². The van der Waals surface area contributed by atoms with Crippen molar-refractivity contribution < 1.29 is 17.9 Å². The lowest BCUT2D eigenvalue weighted by Gasteiger charge is -2.12. The summed E-state index contributed by atoms with van der Waals surface area (Å²) in [6.07, 6.45) is -4.06. The summed E-state index contributed by atoms with van der Waals surface area (Å²) in [6.45, 7) is 2.00. The Balaban J connectivity index is 2.02. The molecule has 0 saturated heterocycles. The zero-order valence-corrected chi connectivity index (χ0v) is 12.1. The molecule has 0 spiro atoms. The fourth-order valence-corrected chi connectivity index (χ4v) is 2.25. The second kappa shape index (κ2) is 6.39. The van der Waals surface area contributed by atoms with Crippen molar-refractivity contribution in [2.45, 2.75) is 25.1 Å². The van der Waals surface area contributed by atoms with Crippen molar-refractivity contribution >= 4 is 11.6 Å². The SMILES string of the molecule is Cc1ccc(CC(Cl)c2ccc(OC(F)(F)F)cc2)cc1. The molecule has 0 aromatic heterocycles. The van der Waals surface area contributed by atoms with Crippen molar-refractivity contribution in [3.8, 4) is 5.75 Å². The third kappa shape index (κ3) is 4.97. The van der Waals surface area contributed by atoms with Crippen LogP contribution < -0.4 is 4.74 Å². The van der Waals surface area contributed by atoms with Gasteiger partial charge in [-0.25, -0.2) is 0 Å². The number of hydrogen-bond acceptors (Lipinski definition) is 1. The molecule has 2 rings (SSSR count). The third-order valence-corrected chi connectivity index (χ3v) is 3.42. The van der Waals surface area contributed by atoms with Crippen molar-refractivity contribution in [2.75, 3.05) is 0 Å². The molecule has 2 aromatic rings. The predicted molar refractivity (Wildman–Crippen MR) is 76.6 cm³/mol. The first-order chi connectivity index (χ1) is 9.83. The van der Waals surface area contributed by atoms with E-state index >= 15 is 0 Å². The number of aryl methyl sites for hydroxylation is 1. The Morgan fingerprint density at radius 3 is 2.10 bits per heavy atom. The first-order valence-corrected chi connectivity index (χ1v) is 6.82. The molecule has 0 heterocycles. The first-order valence-electron chi connectivity index (χ1n) is 6.39. The van der Waals surface area contributed by atoms with Crippen LogP contribution in [0.15, 0.2) is 48.5 Å². The Bertz CT molecular complexity index is 576. The highest BCUT2D eigenvalue weighted by molar-refractivity contribution is 6.20. The molecule has 0 amide bonds. The molecule has 21 heavy (non-hydrogen) atoms. The van der Waals surface area contributed by atoms with Gasteiger partial charge in [0.25, 0.3) is 0 Å². The fraction of sp³-hybridized carbons (Fsp3) is 0.250. The van der Waals surface area contributed by atoms with E-state index in [1.165, 1.54) is 17.7 Å². The number of rotatable bonds is 4. The van der Waals surface area contributed by atoms with Gasteiger partial charge in [-0.15, -0.1) is 24.8 Å². The van der Waals surface area contributed by atoms with Crippen LogP contribution >= 0.6 is 11.6 Å². The molecule has 112 valence electrons. The summed E-state index contributed by atoms with van der Waals surface area (Å²) in [6, 6.07) is 13.6. The standard InChI is InChI=1S/C16H14ClF3O/c1-11-2-4-12(5-3-11)10-15(17)13-6-8-14(9-7-13)21-16(18,19)20/h2-9,15H,10H2,1H3. The minimum Gasteiger partial charge on any atom is -0.406 e. The van der Waals surface area contributed by atoms with E-state index in [-0.39, 0.29) is 11.1 Å². The van der Waals surface area contributed by atoms with Gasteiger partial charge in [0.2, 0.25) is 0 Å². The third-order valence-electron chi connectivity index (χ3n) is 3.01. The van der Waals surface area contributed by atoms with Crippen molar-refractivity contribution in [3.63, 3.8) is 0 Å². The van der Waals surface area contributed by atoms with Gasteiger partial charge in [-0.05, 0) is 36.6 Å². The van der Waals surface area contributed by atoms with Crippen LogP contribution in [0.5, 0.6) is 5.75 Å². The minimum atomic E-state index is -4.68. The molecule has 0 radical (unpaired) electrons. The molecule has 0 fully saturated rings. The van der Waals surface area contributed by atoms with Crippen LogP contribution in [0.2, 0.25) is 0 Å². The number of alkyl halides is 4. The largest absolute Gasteiger partial charge is 0.573 e. The highest BCUT2D eigenvalue weighted by atomic mass is 35.5. The normalized spacial score (nSPS) is 13.0. The molecular formula is C16H14ClF3O. The van der Waals surface area contributed by atoms with E-state index < -0.39 is 6.36 Å². The summed E-state index contributed by atoms with van der Waals surface area (Å²) in [7, 11) is 0. The molecule has 0 N–H and O–H groups in total. The van der Waals surface area contributed by atoms with Crippen LogP contribution in [-0.2, 0) is 6.42 Å². The summed E-state index contributed by atoms with van der Waals surface area (Å²) in [4.78, 5) is 0. The number of hydrogen-bond donors (Lipinski definition) is 0. The van der Waals surface area contributed by atoms with E-state index in [2.05, 4.69) is 4.74 Å². The summed E-state index contributed by atoms with van der Waals surface area (Å²) < 4.78 is 40.0. The monoisotopic (exact) mass is 314 g/mol.